The third kappa shape index (κ3) is 2.43. The number of hydrogen-bond donors (Lipinski definition) is 2. The highest BCUT2D eigenvalue weighted by Gasteiger charge is 2.13. The van der Waals surface area contributed by atoms with Crippen molar-refractivity contribution in [1.82, 2.24) is 10.5 Å². The smallest absolute Gasteiger partial charge is 0.290 e. The highest BCUT2D eigenvalue weighted by atomic mass is 19.1. The van der Waals surface area contributed by atoms with Gasteiger partial charge in [0, 0.05) is 0 Å². The first kappa shape index (κ1) is 9.50. The summed E-state index contributed by atoms with van der Waals surface area (Å²) >= 11 is 0. The molecule has 0 aliphatic rings. The lowest BCUT2D eigenvalue weighted by Gasteiger charge is -2.06. The van der Waals surface area contributed by atoms with Gasteiger partial charge in [-0.15, -0.1) is 0 Å². The lowest BCUT2D eigenvalue weighted by Crippen LogP contribution is -2.33. The third-order valence-electron chi connectivity index (χ3n) is 1.36. The van der Waals surface area contributed by atoms with Crippen molar-refractivity contribution in [1.29, 1.82) is 0 Å². The van der Waals surface area contributed by atoms with Gasteiger partial charge in [-0.2, -0.15) is 5.16 Å². The molecule has 1 aromatic rings. The van der Waals surface area contributed by atoms with Crippen LogP contribution < -0.4 is 10.9 Å². The number of amides is 1. The molecule has 0 aliphatic carbocycles. The first-order valence-corrected chi connectivity index (χ1v) is 3.69. The minimum atomic E-state index is -0.666. The summed E-state index contributed by atoms with van der Waals surface area (Å²) in [6.07, 6.45) is 0. The van der Waals surface area contributed by atoms with E-state index in [0.717, 1.165) is 6.07 Å². The Labute approximate surface area is 72.9 Å². The van der Waals surface area contributed by atoms with Crippen LogP contribution in [0.2, 0.25) is 0 Å². The Morgan fingerprint density at radius 2 is 2.54 bits per heavy atom. The van der Waals surface area contributed by atoms with Crippen LogP contribution in [0.25, 0.3) is 0 Å². The molecule has 0 radical (unpaired) electrons. The average molecular weight is 188 g/mol. The van der Waals surface area contributed by atoms with Gasteiger partial charge in [0.15, 0.2) is 0 Å². The van der Waals surface area contributed by atoms with Crippen LogP contribution >= 0.6 is 0 Å². The molecule has 0 bridgehead atoms. The topological polar surface area (TPSA) is 75.1 Å². The normalized spacial score (nSPS) is 12.5. The number of halogens is 1. The molecule has 1 unspecified atom stereocenters. The molecule has 1 rings (SSSR count). The van der Waals surface area contributed by atoms with Crippen molar-refractivity contribution in [3.8, 4) is 0 Å². The fourth-order valence-electron chi connectivity index (χ4n) is 0.729. The van der Waals surface area contributed by atoms with Crippen molar-refractivity contribution in [3.05, 3.63) is 22.2 Å². The Kier molecular flexibility index (Phi) is 2.84. The largest absolute Gasteiger partial charge is 0.373 e. The van der Waals surface area contributed by atoms with Crippen molar-refractivity contribution in [2.45, 2.75) is 13.0 Å². The molecule has 72 valence electrons. The molecule has 5 nitrogen and oxygen atoms in total. The Hall–Kier alpha value is -1.59. The zero-order valence-corrected chi connectivity index (χ0v) is 6.96. The summed E-state index contributed by atoms with van der Waals surface area (Å²) < 4.78 is 16.5. The summed E-state index contributed by atoms with van der Waals surface area (Å²) in [6.45, 7) is 0.836. The minimum absolute atomic E-state index is 0.148. The van der Waals surface area contributed by atoms with Gasteiger partial charge in [0.2, 0.25) is 5.76 Å². The first-order valence-electron chi connectivity index (χ1n) is 3.69. The molecule has 6 heteroatoms. The van der Waals surface area contributed by atoms with Gasteiger partial charge >= 0.3 is 0 Å². The molecule has 0 saturated carbocycles. The maximum absolute atomic E-state index is 12.0. The molecule has 0 spiro atoms. The first-order chi connectivity index (χ1) is 6.13. The number of hydrogen-bond acceptors (Lipinski definition) is 3. The Balaban J connectivity index is 2.64. The quantitative estimate of drug-likeness (QED) is 0.704. The predicted molar refractivity (Wildman–Crippen MR) is 42.2 cm³/mol. The molecule has 1 atom stereocenters. The molecular weight excluding hydrogens is 179 g/mol. The molecule has 1 heterocycles. The maximum atomic E-state index is 12.0. The van der Waals surface area contributed by atoms with E-state index >= 15 is 0 Å². The fraction of sp³-hybridized carbons (Fsp3) is 0.429. The van der Waals surface area contributed by atoms with E-state index in [1.165, 1.54) is 6.92 Å². The molecule has 0 saturated heterocycles. The molecule has 2 N–H and O–H groups in total. The van der Waals surface area contributed by atoms with Crippen LogP contribution in [0.3, 0.4) is 0 Å². The molecule has 1 amide bonds. The number of carbonyl (C=O) groups excluding carboxylic acids is 1. The predicted octanol–water partition coefficient (Wildman–Crippen LogP) is 0.0557. The number of alkyl halides is 1. The van der Waals surface area contributed by atoms with Crippen LogP contribution in [0.4, 0.5) is 4.39 Å². The molecule has 0 aliphatic heterocycles. The van der Waals surface area contributed by atoms with E-state index in [9.17, 15) is 14.0 Å². The van der Waals surface area contributed by atoms with Gasteiger partial charge in [0.1, 0.15) is 6.67 Å². The van der Waals surface area contributed by atoms with Crippen molar-refractivity contribution in [2.75, 3.05) is 6.67 Å². The van der Waals surface area contributed by atoms with Crippen LogP contribution in [0.5, 0.6) is 0 Å². The van der Waals surface area contributed by atoms with Gasteiger partial charge < -0.3 is 9.84 Å². The van der Waals surface area contributed by atoms with Crippen molar-refractivity contribution in [2.24, 2.45) is 0 Å². The summed E-state index contributed by atoms with van der Waals surface area (Å²) in [5.74, 6) is -0.756. The minimum Gasteiger partial charge on any atom is -0.373 e. The molecule has 0 fully saturated rings. The molecule has 13 heavy (non-hydrogen) atoms. The molecule has 0 aromatic carbocycles. The monoisotopic (exact) mass is 188 g/mol. The van der Waals surface area contributed by atoms with Crippen LogP contribution in [0, 0.1) is 0 Å². The van der Waals surface area contributed by atoms with E-state index < -0.39 is 24.2 Å². The lowest BCUT2D eigenvalue weighted by molar-refractivity contribution is 0.0896. The third-order valence-corrected chi connectivity index (χ3v) is 1.36. The second-order valence-corrected chi connectivity index (χ2v) is 2.61. The van der Waals surface area contributed by atoms with E-state index in [4.69, 9.17) is 0 Å². The van der Waals surface area contributed by atoms with Gasteiger partial charge in [-0.05, 0) is 6.92 Å². The average Bonchev–Trinajstić information content (AvgIpc) is 2.51. The highest BCUT2D eigenvalue weighted by molar-refractivity contribution is 5.91. The highest BCUT2D eigenvalue weighted by Crippen LogP contribution is 1.93. The molecule has 1 aromatic heterocycles. The van der Waals surface area contributed by atoms with E-state index in [1.54, 1.807) is 0 Å². The van der Waals surface area contributed by atoms with Gasteiger partial charge in [0.25, 0.3) is 11.5 Å². The summed E-state index contributed by atoms with van der Waals surface area (Å²) in [6, 6.07) is 0.410. The van der Waals surface area contributed by atoms with E-state index in [-0.39, 0.29) is 5.76 Å². The Morgan fingerprint density at radius 3 is 3.00 bits per heavy atom. The van der Waals surface area contributed by atoms with Crippen molar-refractivity contribution in [3.63, 3.8) is 0 Å². The van der Waals surface area contributed by atoms with Crippen LogP contribution in [-0.2, 0) is 0 Å². The number of rotatable bonds is 3. The van der Waals surface area contributed by atoms with Gasteiger partial charge in [-0.1, -0.05) is 0 Å². The number of aromatic nitrogens is 1. The number of aromatic amines is 1. The zero-order valence-electron chi connectivity index (χ0n) is 6.96. The second kappa shape index (κ2) is 3.88. The van der Waals surface area contributed by atoms with Crippen LogP contribution in [0.1, 0.15) is 17.5 Å². The number of H-pyrrole nitrogens is 1. The van der Waals surface area contributed by atoms with Crippen molar-refractivity contribution >= 4 is 5.91 Å². The lowest BCUT2D eigenvalue weighted by atomic mass is 10.3. The fourth-order valence-corrected chi connectivity index (χ4v) is 0.729. The van der Waals surface area contributed by atoms with E-state index in [0.29, 0.717) is 0 Å². The van der Waals surface area contributed by atoms with Gasteiger partial charge in [-0.3, -0.25) is 9.59 Å². The Morgan fingerprint density at radius 1 is 1.85 bits per heavy atom. The summed E-state index contributed by atoms with van der Waals surface area (Å²) in [7, 11) is 0. The van der Waals surface area contributed by atoms with Gasteiger partial charge in [0.05, 0.1) is 12.1 Å². The Bertz CT molecular complexity index is 344. The number of carbonyl (C=O) groups is 1. The van der Waals surface area contributed by atoms with Crippen LogP contribution in [-0.4, -0.2) is 23.8 Å². The van der Waals surface area contributed by atoms with E-state index in [1.807, 2.05) is 5.16 Å². The molecular formula is C7H9FN2O3. The summed E-state index contributed by atoms with van der Waals surface area (Å²) in [4.78, 5) is 21.6. The van der Waals surface area contributed by atoms with Crippen LogP contribution in [0.15, 0.2) is 15.4 Å². The summed E-state index contributed by atoms with van der Waals surface area (Å²) in [5.41, 5.74) is -0.502. The van der Waals surface area contributed by atoms with E-state index in [2.05, 4.69) is 9.84 Å². The SMILES string of the molecule is CC(CF)NC(=O)c1cc(=O)[nH]o1. The second-order valence-electron chi connectivity index (χ2n) is 2.61. The number of nitrogens with one attached hydrogen (secondary N) is 2. The summed E-state index contributed by atoms with van der Waals surface area (Å²) in [5, 5.41) is 4.25. The maximum Gasteiger partial charge on any atom is 0.290 e. The van der Waals surface area contributed by atoms with Crippen molar-refractivity contribution < 1.29 is 13.7 Å². The van der Waals surface area contributed by atoms with Gasteiger partial charge in [-0.25, -0.2) is 4.39 Å². The standard InChI is InChI=1S/C7H9FN2O3/c1-4(3-8)9-7(12)5-2-6(11)10-13-5/h2,4H,3H2,1H3,(H,9,12)(H,10,11). The zero-order chi connectivity index (χ0) is 9.84.